The predicted molar refractivity (Wildman–Crippen MR) is 66.7 cm³/mol. The number of aliphatic hydroxyl groups is 1. The van der Waals surface area contributed by atoms with Crippen molar-refractivity contribution in [2.24, 2.45) is 0 Å². The largest absolute Gasteiger partial charge is 0.394 e. The highest BCUT2D eigenvalue weighted by molar-refractivity contribution is 5.54. The molecule has 1 aromatic rings. The maximum Gasteiger partial charge on any atom is 0.271 e. The van der Waals surface area contributed by atoms with E-state index in [0.717, 1.165) is 5.69 Å². The highest BCUT2D eigenvalue weighted by Crippen LogP contribution is 2.25. The van der Waals surface area contributed by atoms with Crippen LogP contribution in [0.25, 0.3) is 0 Å². The lowest BCUT2D eigenvalue weighted by molar-refractivity contribution is -0.384. The number of hydrogen-bond donors (Lipinski definition) is 1. The van der Waals surface area contributed by atoms with Crippen LogP contribution in [0, 0.1) is 10.1 Å². The minimum absolute atomic E-state index is 0.0435. The second-order valence-electron chi connectivity index (χ2n) is 4.42. The summed E-state index contributed by atoms with van der Waals surface area (Å²) in [6.07, 6.45) is -0.236. The van der Waals surface area contributed by atoms with Gasteiger partial charge < -0.3 is 14.7 Å². The third-order valence-electron chi connectivity index (χ3n) is 3.08. The van der Waals surface area contributed by atoms with Crippen LogP contribution in [-0.2, 0) is 4.74 Å². The lowest BCUT2D eigenvalue weighted by Gasteiger charge is -2.39. The van der Waals surface area contributed by atoms with Gasteiger partial charge in [0.25, 0.3) is 5.69 Å². The van der Waals surface area contributed by atoms with Gasteiger partial charge in [-0.3, -0.25) is 10.1 Å². The van der Waals surface area contributed by atoms with Crippen molar-refractivity contribution in [3.05, 3.63) is 34.4 Å². The number of rotatable bonds is 3. The zero-order valence-electron chi connectivity index (χ0n) is 10.2. The van der Waals surface area contributed by atoms with E-state index in [1.54, 1.807) is 12.1 Å². The van der Waals surface area contributed by atoms with Gasteiger partial charge in [-0.1, -0.05) is 6.07 Å². The van der Waals surface area contributed by atoms with Gasteiger partial charge in [0.1, 0.15) is 0 Å². The first-order valence-electron chi connectivity index (χ1n) is 5.85. The molecular formula is C12H16N2O4. The molecule has 0 aliphatic carbocycles. The Morgan fingerprint density at radius 1 is 1.61 bits per heavy atom. The molecule has 1 aromatic carbocycles. The molecule has 2 unspecified atom stereocenters. The van der Waals surface area contributed by atoms with Gasteiger partial charge in [-0.2, -0.15) is 0 Å². The summed E-state index contributed by atoms with van der Waals surface area (Å²) in [4.78, 5) is 12.4. The van der Waals surface area contributed by atoms with Crippen molar-refractivity contribution < 1.29 is 14.8 Å². The summed E-state index contributed by atoms with van der Waals surface area (Å²) in [6, 6.07) is 6.66. The molecular weight excluding hydrogens is 236 g/mol. The molecule has 0 aromatic heterocycles. The summed E-state index contributed by atoms with van der Waals surface area (Å²) in [6.45, 7) is 3.00. The van der Waals surface area contributed by atoms with Crippen molar-refractivity contribution in [1.82, 2.24) is 0 Å². The van der Waals surface area contributed by atoms with E-state index < -0.39 is 4.92 Å². The Labute approximate surface area is 105 Å². The van der Waals surface area contributed by atoms with Gasteiger partial charge in [0.15, 0.2) is 0 Å². The summed E-state index contributed by atoms with van der Waals surface area (Å²) in [5.74, 6) is 0. The molecule has 1 fully saturated rings. The lowest BCUT2D eigenvalue weighted by atomic mass is 10.1. The standard InChI is InChI=1S/C12H16N2O4/c1-9-8-18-12(7-15)6-13(9)10-3-2-4-11(5-10)14(16)17/h2-5,9,12,15H,6-8H2,1H3. The van der Waals surface area contributed by atoms with Gasteiger partial charge >= 0.3 is 0 Å². The molecule has 1 aliphatic rings. The Kier molecular flexibility index (Phi) is 3.78. The molecule has 1 heterocycles. The average molecular weight is 252 g/mol. The van der Waals surface area contributed by atoms with E-state index in [1.807, 2.05) is 17.9 Å². The zero-order valence-corrected chi connectivity index (χ0v) is 10.2. The van der Waals surface area contributed by atoms with Crippen LogP contribution in [0.2, 0.25) is 0 Å². The van der Waals surface area contributed by atoms with E-state index in [2.05, 4.69) is 0 Å². The van der Waals surface area contributed by atoms with E-state index in [4.69, 9.17) is 9.84 Å². The first-order chi connectivity index (χ1) is 8.61. The molecule has 0 saturated carbocycles. The Morgan fingerprint density at radius 3 is 3.06 bits per heavy atom. The number of nitro groups is 1. The SMILES string of the molecule is CC1COC(CO)CN1c1cccc([N+](=O)[O-])c1. The van der Waals surface area contributed by atoms with E-state index in [9.17, 15) is 10.1 Å². The van der Waals surface area contributed by atoms with Crippen LogP contribution in [0.5, 0.6) is 0 Å². The first-order valence-corrected chi connectivity index (χ1v) is 5.85. The normalized spacial score (nSPS) is 24.0. The lowest BCUT2D eigenvalue weighted by Crippen LogP contribution is -2.49. The molecule has 98 valence electrons. The van der Waals surface area contributed by atoms with Gasteiger partial charge in [-0.05, 0) is 13.0 Å². The summed E-state index contributed by atoms with van der Waals surface area (Å²) in [5, 5.41) is 19.9. The first kappa shape index (κ1) is 12.8. The Hall–Kier alpha value is -1.66. The van der Waals surface area contributed by atoms with Gasteiger partial charge in [0.2, 0.25) is 0 Å². The minimum atomic E-state index is -0.405. The van der Waals surface area contributed by atoms with Crippen molar-refractivity contribution in [3.8, 4) is 0 Å². The molecule has 18 heavy (non-hydrogen) atoms. The van der Waals surface area contributed by atoms with Crippen LogP contribution in [0.1, 0.15) is 6.92 Å². The van der Waals surface area contributed by atoms with Crippen LogP contribution in [0.15, 0.2) is 24.3 Å². The number of anilines is 1. The van der Waals surface area contributed by atoms with Crippen molar-refractivity contribution in [2.45, 2.75) is 19.1 Å². The molecule has 6 heteroatoms. The van der Waals surface area contributed by atoms with Crippen molar-refractivity contribution in [1.29, 1.82) is 0 Å². The van der Waals surface area contributed by atoms with E-state index >= 15 is 0 Å². The second-order valence-corrected chi connectivity index (χ2v) is 4.42. The van der Waals surface area contributed by atoms with Gasteiger partial charge in [-0.25, -0.2) is 0 Å². The Morgan fingerprint density at radius 2 is 2.39 bits per heavy atom. The molecule has 1 N–H and O–H groups in total. The van der Waals surface area contributed by atoms with Crippen LogP contribution in [0.3, 0.4) is 0 Å². The second kappa shape index (κ2) is 5.32. The number of aliphatic hydroxyl groups excluding tert-OH is 1. The monoisotopic (exact) mass is 252 g/mol. The van der Waals surface area contributed by atoms with Gasteiger partial charge in [0.05, 0.1) is 24.2 Å². The topological polar surface area (TPSA) is 75.8 Å². The highest BCUT2D eigenvalue weighted by Gasteiger charge is 2.26. The number of ether oxygens (including phenoxy) is 1. The minimum Gasteiger partial charge on any atom is -0.394 e. The fraction of sp³-hybridized carbons (Fsp3) is 0.500. The number of morpholine rings is 1. The highest BCUT2D eigenvalue weighted by atomic mass is 16.6. The predicted octanol–water partition coefficient (Wildman–Crippen LogP) is 1.18. The number of non-ortho nitro benzene ring substituents is 1. The van der Waals surface area contributed by atoms with Crippen molar-refractivity contribution in [3.63, 3.8) is 0 Å². The Balaban J connectivity index is 2.23. The quantitative estimate of drug-likeness (QED) is 0.645. The van der Waals surface area contributed by atoms with Crippen LogP contribution in [-0.4, -0.2) is 41.9 Å². The van der Waals surface area contributed by atoms with Crippen LogP contribution >= 0.6 is 0 Å². The molecule has 0 bridgehead atoms. The third kappa shape index (κ3) is 2.60. The van der Waals surface area contributed by atoms with Gasteiger partial charge in [-0.15, -0.1) is 0 Å². The van der Waals surface area contributed by atoms with Crippen LogP contribution in [0.4, 0.5) is 11.4 Å². The maximum atomic E-state index is 10.8. The summed E-state index contributed by atoms with van der Waals surface area (Å²) in [7, 11) is 0. The van der Waals surface area contributed by atoms with Crippen molar-refractivity contribution >= 4 is 11.4 Å². The fourth-order valence-electron chi connectivity index (χ4n) is 2.07. The third-order valence-corrected chi connectivity index (χ3v) is 3.08. The Bertz CT molecular complexity index is 438. The van der Waals surface area contributed by atoms with E-state index in [1.165, 1.54) is 6.07 Å². The molecule has 2 rings (SSSR count). The van der Waals surface area contributed by atoms with Crippen molar-refractivity contribution in [2.75, 3.05) is 24.7 Å². The number of nitro benzene ring substituents is 1. The summed E-state index contributed by atoms with van der Waals surface area (Å²) in [5.41, 5.74) is 0.866. The molecule has 1 saturated heterocycles. The summed E-state index contributed by atoms with van der Waals surface area (Å²) < 4.78 is 5.44. The molecule has 0 radical (unpaired) electrons. The molecule has 0 spiro atoms. The fourth-order valence-corrected chi connectivity index (χ4v) is 2.07. The maximum absolute atomic E-state index is 10.8. The smallest absolute Gasteiger partial charge is 0.271 e. The van der Waals surface area contributed by atoms with Gasteiger partial charge in [0, 0.05) is 30.4 Å². The molecule has 6 nitrogen and oxygen atoms in total. The average Bonchev–Trinajstić information content (AvgIpc) is 2.39. The molecule has 0 amide bonds. The van der Waals surface area contributed by atoms with Crippen LogP contribution < -0.4 is 4.90 Å². The zero-order chi connectivity index (χ0) is 13.1. The number of nitrogens with zero attached hydrogens (tertiary/aromatic N) is 2. The molecule has 2 atom stereocenters. The summed E-state index contributed by atoms with van der Waals surface area (Å²) >= 11 is 0. The number of hydrogen-bond acceptors (Lipinski definition) is 5. The van der Waals surface area contributed by atoms with E-state index in [0.29, 0.717) is 13.2 Å². The number of benzene rings is 1. The molecule has 1 aliphatic heterocycles. The van der Waals surface area contributed by atoms with E-state index in [-0.39, 0.29) is 24.4 Å².